The number of carbonyl (C=O) groups excluding carboxylic acids is 1. The molecule has 1 aliphatic heterocycles. The maximum Gasteiger partial charge on any atom is 0.290 e. The number of halogens is 1. The lowest BCUT2D eigenvalue weighted by Crippen LogP contribution is -2.22. The van der Waals surface area contributed by atoms with Crippen LogP contribution in [0.3, 0.4) is 0 Å². The van der Waals surface area contributed by atoms with Crippen LogP contribution in [0.5, 0.6) is 0 Å². The Morgan fingerprint density at radius 3 is 2.79 bits per heavy atom. The van der Waals surface area contributed by atoms with Crippen LogP contribution in [0.15, 0.2) is 22.2 Å². The minimum Gasteiger partial charge on any atom is -0.491 e. The molecule has 0 spiro atoms. The molecule has 0 aliphatic carbocycles. The van der Waals surface area contributed by atoms with Crippen molar-refractivity contribution in [1.29, 1.82) is 0 Å². The van der Waals surface area contributed by atoms with Gasteiger partial charge in [0, 0.05) is 0 Å². The highest BCUT2D eigenvalue weighted by atomic mass is 35.5. The molecule has 0 aromatic heterocycles. The predicted octanol–water partition coefficient (Wildman–Crippen LogP) is 2.63. The molecule has 0 bridgehead atoms. The number of hydrogen-bond acceptors (Lipinski definition) is 3. The number of alkyl halides is 1. The van der Waals surface area contributed by atoms with Crippen LogP contribution < -0.4 is 0 Å². The molecule has 1 atom stereocenters. The first kappa shape index (κ1) is 11.2. The Balaban J connectivity index is 2.63. The summed E-state index contributed by atoms with van der Waals surface area (Å²) in [5.74, 6) is -0.0597. The topological polar surface area (TPSA) is 51.0 Å². The van der Waals surface area contributed by atoms with Gasteiger partial charge in [-0.25, -0.2) is 0 Å². The number of carbonyl (C=O) groups is 1. The van der Waals surface area contributed by atoms with Gasteiger partial charge in [0.15, 0.2) is 5.38 Å². The fourth-order valence-corrected chi connectivity index (χ4v) is 1.27. The van der Waals surface area contributed by atoms with E-state index in [1.165, 1.54) is 6.20 Å². The van der Waals surface area contributed by atoms with E-state index in [4.69, 9.17) is 16.3 Å². The highest BCUT2D eigenvalue weighted by Gasteiger charge is 2.26. The molecule has 1 amide bonds. The average Bonchev–Trinajstić information content (AvgIpc) is 2.20. The number of rotatable bonds is 4. The van der Waals surface area contributed by atoms with E-state index >= 15 is 0 Å². The predicted molar refractivity (Wildman–Crippen MR) is 53.0 cm³/mol. The van der Waals surface area contributed by atoms with Crippen molar-refractivity contribution in [2.24, 2.45) is 10.2 Å². The molecule has 1 heterocycles. The van der Waals surface area contributed by atoms with Crippen molar-refractivity contribution < 1.29 is 9.53 Å². The van der Waals surface area contributed by atoms with Gasteiger partial charge < -0.3 is 4.74 Å². The molecular weight excluding hydrogens is 204 g/mol. The third kappa shape index (κ3) is 2.54. The minimum absolute atomic E-state index is 0.0867. The lowest BCUT2D eigenvalue weighted by molar-refractivity contribution is -0.118. The monoisotopic (exact) mass is 216 g/mol. The van der Waals surface area contributed by atoms with Crippen LogP contribution in [0.1, 0.15) is 26.7 Å². The van der Waals surface area contributed by atoms with Crippen molar-refractivity contribution in [2.45, 2.75) is 38.2 Å². The number of nitrogens with zero attached hydrogens (tertiary/aromatic N) is 2. The lowest BCUT2D eigenvalue weighted by atomic mass is 10.2. The zero-order chi connectivity index (χ0) is 10.6. The van der Waals surface area contributed by atoms with Crippen LogP contribution in [0.25, 0.3) is 0 Å². The second-order valence-corrected chi connectivity index (χ2v) is 3.44. The molecule has 4 nitrogen and oxygen atoms in total. The van der Waals surface area contributed by atoms with E-state index in [-0.39, 0.29) is 6.10 Å². The van der Waals surface area contributed by atoms with Gasteiger partial charge in [-0.15, -0.1) is 16.7 Å². The van der Waals surface area contributed by atoms with Crippen molar-refractivity contribution in [1.82, 2.24) is 0 Å². The normalized spacial score (nSPS) is 21.3. The van der Waals surface area contributed by atoms with E-state index in [0.717, 1.165) is 12.8 Å². The molecule has 0 aromatic carbocycles. The molecule has 5 heteroatoms. The van der Waals surface area contributed by atoms with Crippen molar-refractivity contribution in [3.05, 3.63) is 12.0 Å². The quantitative estimate of drug-likeness (QED) is 0.679. The van der Waals surface area contributed by atoms with Crippen LogP contribution in [0, 0.1) is 0 Å². The summed E-state index contributed by atoms with van der Waals surface area (Å²) in [5.41, 5.74) is 0. The van der Waals surface area contributed by atoms with E-state index in [1.54, 1.807) is 0 Å². The van der Waals surface area contributed by atoms with Crippen molar-refractivity contribution in [3.63, 3.8) is 0 Å². The van der Waals surface area contributed by atoms with Gasteiger partial charge in [-0.05, 0) is 12.8 Å². The molecule has 14 heavy (non-hydrogen) atoms. The van der Waals surface area contributed by atoms with Crippen molar-refractivity contribution in [2.75, 3.05) is 0 Å². The molecule has 0 N–H and O–H groups in total. The van der Waals surface area contributed by atoms with Gasteiger partial charge in [0.25, 0.3) is 5.91 Å². The second kappa shape index (κ2) is 5.10. The van der Waals surface area contributed by atoms with E-state index in [1.807, 2.05) is 13.8 Å². The van der Waals surface area contributed by atoms with Gasteiger partial charge in [-0.2, -0.15) is 5.11 Å². The van der Waals surface area contributed by atoms with Gasteiger partial charge in [0.05, 0.1) is 12.3 Å². The summed E-state index contributed by atoms with van der Waals surface area (Å²) in [6, 6.07) is 0. The van der Waals surface area contributed by atoms with Gasteiger partial charge in [0.1, 0.15) is 5.76 Å². The van der Waals surface area contributed by atoms with Crippen LogP contribution >= 0.6 is 11.6 Å². The SMILES string of the molecule is CCC(CC)OC1=CN=NC(=O)C1Cl. The summed E-state index contributed by atoms with van der Waals surface area (Å²) < 4.78 is 5.53. The molecule has 0 radical (unpaired) electrons. The smallest absolute Gasteiger partial charge is 0.290 e. The summed E-state index contributed by atoms with van der Waals surface area (Å²) in [7, 11) is 0. The highest BCUT2D eigenvalue weighted by molar-refractivity contribution is 6.32. The van der Waals surface area contributed by atoms with E-state index < -0.39 is 11.3 Å². The number of amides is 1. The Hall–Kier alpha value is -0.900. The highest BCUT2D eigenvalue weighted by Crippen LogP contribution is 2.21. The summed E-state index contributed by atoms with van der Waals surface area (Å²) in [4.78, 5) is 11.0. The molecule has 0 aromatic rings. The summed E-state index contributed by atoms with van der Waals surface area (Å²) in [5, 5.41) is 6.02. The van der Waals surface area contributed by atoms with E-state index in [9.17, 15) is 4.79 Å². The average molecular weight is 217 g/mol. The summed E-state index contributed by atoms with van der Waals surface area (Å²) >= 11 is 5.79. The molecule has 1 rings (SSSR count). The molecular formula is C9H13ClN2O2. The van der Waals surface area contributed by atoms with Crippen molar-refractivity contribution >= 4 is 17.5 Å². The Morgan fingerprint density at radius 1 is 1.57 bits per heavy atom. The van der Waals surface area contributed by atoms with Crippen LogP contribution in [0.2, 0.25) is 0 Å². The Labute approximate surface area is 88.0 Å². The van der Waals surface area contributed by atoms with Crippen LogP contribution in [-0.4, -0.2) is 17.4 Å². The van der Waals surface area contributed by atoms with Gasteiger partial charge in [-0.3, -0.25) is 4.79 Å². The van der Waals surface area contributed by atoms with Gasteiger partial charge >= 0.3 is 0 Å². The Kier molecular flexibility index (Phi) is 4.07. The maximum absolute atomic E-state index is 11.0. The van der Waals surface area contributed by atoms with E-state index in [2.05, 4.69) is 10.2 Å². The largest absolute Gasteiger partial charge is 0.491 e. The molecule has 78 valence electrons. The zero-order valence-corrected chi connectivity index (χ0v) is 8.99. The standard InChI is InChI=1S/C9H13ClN2O2/c1-3-6(4-2)14-7-5-11-12-9(13)8(7)10/h5-6,8H,3-4H2,1-2H3. The third-order valence-electron chi connectivity index (χ3n) is 2.02. The first-order valence-corrected chi connectivity index (χ1v) is 5.08. The summed E-state index contributed by atoms with van der Waals surface area (Å²) in [6.07, 6.45) is 3.24. The zero-order valence-electron chi connectivity index (χ0n) is 8.24. The summed E-state index contributed by atoms with van der Waals surface area (Å²) in [6.45, 7) is 4.04. The molecule has 1 aliphatic rings. The molecule has 1 unspecified atom stereocenters. The third-order valence-corrected chi connectivity index (χ3v) is 2.42. The Bertz CT molecular complexity index is 272. The fourth-order valence-electron chi connectivity index (χ4n) is 1.12. The number of ether oxygens (including phenoxy) is 1. The van der Waals surface area contributed by atoms with E-state index in [0.29, 0.717) is 5.76 Å². The fraction of sp³-hybridized carbons (Fsp3) is 0.667. The molecule has 0 saturated carbocycles. The lowest BCUT2D eigenvalue weighted by Gasteiger charge is -2.20. The first-order chi connectivity index (χ1) is 6.69. The number of azo groups is 1. The minimum atomic E-state index is -0.812. The van der Waals surface area contributed by atoms with Crippen molar-refractivity contribution in [3.8, 4) is 0 Å². The number of hydrogen-bond donors (Lipinski definition) is 0. The second-order valence-electron chi connectivity index (χ2n) is 3.00. The molecule has 0 fully saturated rings. The molecule has 0 saturated heterocycles. The van der Waals surface area contributed by atoms with Gasteiger partial charge in [-0.1, -0.05) is 13.8 Å². The van der Waals surface area contributed by atoms with Crippen LogP contribution in [-0.2, 0) is 9.53 Å². The van der Waals surface area contributed by atoms with Crippen LogP contribution in [0.4, 0.5) is 0 Å². The maximum atomic E-state index is 11.0. The van der Waals surface area contributed by atoms with Gasteiger partial charge in [0.2, 0.25) is 0 Å². The Morgan fingerprint density at radius 2 is 2.21 bits per heavy atom. The first-order valence-electron chi connectivity index (χ1n) is 4.64.